The maximum Gasteiger partial charge on any atom is 0.270 e. The number of ether oxygens (including phenoxy) is 1. The van der Waals surface area contributed by atoms with Gasteiger partial charge in [0.2, 0.25) is 0 Å². The van der Waals surface area contributed by atoms with E-state index in [9.17, 15) is 4.79 Å². The first-order valence-electron chi connectivity index (χ1n) is 8.38. The van der Waals surface area contributed by atoms with E-state index in [4.69, 9.17) is 4.74 Å². The van der Waals surface area contributed by atoms with Gasteiger partial charge in [0, 0.05) is 24.0 Å². The third kappa shape index (κ3) is 3.00. The molecule has 4 rings (SSSR count). The largest absolute Gasteiger partial charge is 0.489 e. The number of aromatic nitrogens is 1. The molecule has 24 heavy (non-hydrogen) atoms. The van der Waals surface area contributed by atoms with Gasteiger partial charge in [-0.3, -0.25) is 4.79 Å². The Morgan fingerprint density at radius 1 is 1.04 bits per heavy atom. The van der Waals surface area contributed by atoms with Crippen molar-refractivity contribution >= 4 is 16.8 Å². The minimum absolute atomic E-state index is 0.0930. The van der Waals surface area contributed by atoms with Crippen LogP contribution in [0, 0.1) is 0 Å². The lowest BCUT2D eigenvalue weighted by Crippen LogP contribution is -2.27. The van der Waals surface area contributed by atoms with Crippen LogP contribution >= 0.6 is 0 Å². The number of H-pyrrole nitrogens is 1. The average Bonchev–Trinajstić information content (AvgIpc) is 3.29. The zero-order chi connectivity index (χ0) is 16.4. The highest BCUT2D eigenvalue weighted by atomic mass is 16.5. The molecule has 4 nitrogen and oxygen atoms in total. The summed E-state index contributed by atoms with van der Waals surface area (Å²) in [6.07, 6.45) is 2.20. The molecule has 1 fully saturated rings. The predicted molar refractivity (Wildman–Crippen MR) is 94.2 cm³/mol. The second-order valence-electron chi connectivity index (χ2n) is 6.21. The fraction of sp³-hybridized carbons (Fsp3) is 0.250. The van der Waals surface area contributed by atoms with E-state index >= 15 is 0 Å². The lowest BCUT2D eigenvalue weighted by Gasteiger charge is -2.13. The number of nitrogens with zero attached hydrogens (tertiary/aromatic N) is 1. The summed E-state index contributed by atoms with van der Waals surface area (Å²) in [6.45, 7) is 2.26. The summed E-state index contributed by atoms with van der Waals surface area (Å²) in [6, 6.07) is 17.9. The highest BCUT2D eigenvalue weighted by Crippen LogP contribution is 2.24. The van der Waals surface area contributed by atoms with Crippen LogP contribution in [0.1, 0.15) is 28.9 Å². The van der Waals surface area contributed by atoms with Crippen molar-refractivity contribution in [3.05, 3.63) is 65.9 Å². The Balaban J connectivity index is 1.51. The maximum absolute atomic E-state index is 12.5. The number of rotatable bonds is 4. The molecule has 0 bridgehead atoms. The first-order valence-corrected chi connectivity index (χ1v) is 8.38. The number of nitrogens with one attached hydrogen (secondary N) is 1. The zero-order valence-electron chi connectivity index (χ0n) is 13.5. The van der Waals surface area contributed by atoms with Crippen molar-refractivity contribution < 1.29 is 9.53 Å². The molecule has 0 spiro atoms. The Kier molecular flexibility index (Phi) is 3.95. The van der Waals surface area contributed by atoms with Crippen LogP contribution < -0.4 is 4.74 Å². The smallest absolute Gasteiger partial charge is 0.270 e. The molecule has 122 valence electrons. The van der Waals surface area contributed by atoms with E-state index in [1.165, 1.54) is 0 Å². The topological polar surface area (TPSA) is 45.3 Å². The Morgan fingerprint density at radius 2 is 1.83 bits per heavy atom. The number of likely N-dealkylation sites (tertiary alicyclic amines) is 1. The Hall–Kier alpha value is -2.75. The quantitative estimate of drug-likeness (QED) is 0.790. The lowest BCUT2D eigenvalue weighted by atomic mass is 10.2. The molecule has 1 amide bonds. The molecule has 0 atom stereocenters. The van der Waals surface area contributed by atoms with Crippen LogP contribution in [0.4, 0.5) is 0 Å². The molecule has 0 unspecified atom stereocenters. The number of carbonyl (C=O) groups excluding carboxylic acids is 1. The molecule has 0 aliphatic carbocycles. The van der Waals surface area contributed by atoms with Gasteiger partial charge in [-0.1, -0.05) is 30.3 Å². The van der Waals surface area contributed by atoms with Crippen molar-refractivity contribution in [2.45, 2.75) is 19.4 Å². The molecule has 3 aromatic rings. The fourth-order valence-electron chi connectivity index (χ4n) is 3.15. The number of carbonyl (C=O) groups is 1. The molecular weight excluding hydrogens is 300 g/mol. The monoisotopic (exact) mass is 320 g/mol. The van der Waals surface area contributed by atoms with Gasteiger partial charge in [-0.05, 0) is 42.7 Å². The molecule has 4 heteroatoms. The van der Waals surface area contributed by atoms with Crippen molar-refractivity contribution in [1.82, 2.24) is 9.88 Å². The van der Waals surface area contributed by atoms with E-state index in [1.807, 2.05) is 59.5 Å². The van der Waals surface area contributed by atoms with Gasteiger partial charge < -0.3 is 14.6 Å². The first kappa shape index (κ1) is 14.8. The number of hydrogen-bond acceptors (Lipinski definition) is 2. The third-order valence-corrected chi connectivity index (χ3v) is 4.46. The first-order chi connectivity index (χ1) is 11.8. The van der Waals surface area contributed by atoms with Crippen LogP contribution in [-0.2, 0) is 6.61 Å². The lowest BCUT2D eigenvalue weighted by molar-refractivity contribution is 0.0788. The Morgan fingerprint density at radius 3 is 2.62 bits per heavy atom. The minimum Gasteiger partial charge on any atom is -0.489 e. The van der Waals surface area contributed by atoms with Crippen molar-refractivity contribution in [1.29, 1.82) is 0 Å². The SMILES string of the molecule is O=C(c1cc2cc(OCc3ccccc3)ccc2[nH]1)N1CCCC1. The van der Waals surface area contributed by atoms with Crippen molar-refractivity contribution in [2.24, 2.45) is 0 Å². The summed E-state index contributed by atoms with van der Waals surface area (Å²) in [5.41, 5.74) is 2.76. The second kappa shape index (κ2) is 6.40. The number of hydrogen-bond donors (Lipinski definition) is 1. The highest BCUT2D eigenvalue weighted by Gasteiger charge is 2.20. The molecule has 1 aromatic heterocycles. The maximum atomic E-state index is 12.5. The van der Waals surface area contributed by atoms with Gasteiger partial charge in [0.15, 0.2) is 0 Å². The van der Waals surface area contributed by atoms with Crippen molar-refractivity contribution in [2.75, 3.05) is 13.1 Å². The second-order valence-corrected chi connectivity index (χ2v) is 6.21. The number of fused-ring (bicyclic) bond motifs is 1. The molecule has 2 aromatic carbocycles. The summed E-state index contributed by atoms with van der Waals surface area (Å²) in [5, 5.41) is 1.00. The van der Waals surface area contributed by atoms with E-state index < -0.39 is 0 Å². The van der Waals surface area contributed by atoms with E-state index in [0.717, 1.165) is 48.1 Å². The van der Waals surface area contributed by atoms with E-state index in [2.05, 4.69) is 4.98 Å². The van der Waals surface area contributed by atoms with Gasteiger partial charge in [-0.25, -0.2) is 0 Å². The van der Waals surface area contributed by atoms with E-state index in [1.54, 1.807) is 0 Å². The molecule has 1 aliphatic rings. The predicted octanol–water partition coefficient (Wildman–Crippen LogP) is 3.98. The molecule has 2 heterocycles. The minimum atomic E-state index is 0.0930. The summed E-state index contributed by atoms with van der Waals surface area (Å²) < 4.78 is 5.86. The van der Waals surface area contributed by atoms with Crippen molar-refractivity contribution in [3.63, 3.8) is 0 Å². The van der Waals surface area contributed by atoms with Gasteiger partial charge in [0.1, 0.15) is 18.1 Å². The van der Waals surface area contributed by atoms with Crippen LogP contribution in [0.2, 0.25) is 0 Å². The van der Waals surface area contributed by atoms with Crippen LogP contribution in [0.3, 0.4) is 0 Å². The summed E-state index contributed by atoms with van der Waals surface area (Å²) in [7, 11) is 0. The molecule has 0 saturated carbocycles. The summed E-state index contributed by atoms with van der Waals surface area (Å²) in [5.74, 6) is 0.904. The van der Waals surface area contributed by atoms with Crippen molar-refractivity contribution in [3.8, 4) is 5.75 Å². The normalized spacial score (nSPS) is 14.2. The van der Waals surface area contributed by atoms with Crippen LogP contribution in [-0.4, -0.2) is 28.9 Å². The van der Waals surface area contributed by atoms with E-state index in [-0.39, 0.29) is 5.91 Å². The average molecular weight is 320 g/mol. The zero-order valence-corrected chi connectivity index (χ0v) is 13.5. The molecule has 1 N–H and O–H groups in total. The van der Waals surface area contributed by atoms with Crippen LogP contribution in [0.15, 0.2) is 54.6 Å². The highest BCUT2D eigenvalue weighted by molar-refractivity contribution is 5.98. The van der Waals surface area contributed by atoms with Gasteiger partial charge in [0.25, 0.3) is 5.91 Å². The Labute approximate surface area is 141 Å². The van der Waals surface area contributed by atoms with Crippen LogP contribution in [0.25, 0.3) is 10.9 Å². The van der Waals surface area contributed by atoms with Gasteiger partial charge in [-0.2, -0.15) is 0 Å². The number of benzene rings is 2. The van der Waals surface area contributed by atoms with Gasteiger partial charge >= 0.3 is 0 Å². The summed E-state index contributed by atoms with van der Waals surface area (Å²) >= 11 is 0. The standard InChI is InChI=1S/C20H20N2O2/c23-20(22-10-4-5-11-22)19-13-16-12-17(8-9-18(16)21-19)24-14-15-6-2-1-3-7-15/h1-3,6-9,12-13,21H,4-5,10-11,14H2. The van der Waals surface area contributed by atoms with Gasteiger partial charge in [0.05, 0.1) is 0 Å². The summed E-state index contributed by atoms with van der Waals surface area (Å²) in [4.78, 5) is 17.6. The van der Waals surface area contributed by atoms with Gasteiger partial charge in [-0.15, -0.1) is 0 Å². The third-order valence-electron chi connectivity index (χ3n) is 4.46. The Bertz CT molecular complexity index is 848. The van der Waals surface area contributed by atoms with Crippen LogP contribution in [0.5, 0.6) is 5.75 Å². The molecular formula is C20H20N2O2. The molecule has 1 saturated heterocycles. The molecule has 0 radical (unpaired) electrons. The van der Waals surface area contributed by atoms with E-state index in [0.29, 0.717) is 12.3 Å². The molecule has 1 aliphatic heterocycles. The number of amides is 1. The fourth-order valence-corrected chi connectivity index (χ4v) is 3.15. The number of aromatic amines is 1.